The van der Waals surface area contributed by atoms with E-state index < -0.39 is 0 Å². The Bertz CT molecular complexity index is 1190. The van der Waals surface area contributed by atoms with Gasteiger partial charge in [0.2, 0.25) is 0 Å². The molecule has 0 unspecified atom stereocenters. The summed E-state index contributed by atoms with van der Waals surface area (Å²) in [7, 11) is 4.25. The lowest BCUT2D eigenvalue weighted by Gasteiger charge is -2.32. The van der Waals surface area contributed by atoms with E-state index in [1.54, 1.807) is 18.3 Å². The van der Waals surface area contributed by atoms with E-state index in [1.165, 1.54) is 12.8 Å². The van der Waals surface area contributed by atoms with Gasteiger partial charge >= 0.3 is 0 Å². The van der Waals surface area contributed by atoms with Crippen molar-refractivity contribution in [2.75, 3.05) is 26.0 Å². The molecule has 2 N–H and O–H groups in total. The second-order valence-electron chi connectivity index (χ2n) is 9.47. The van der Waals surface area contributed by atoms with Crippen LogP contribution in [-0.2, 0) is 0 Å². The third-order valence-electron chi connectivity index (χ3n) is 6.66. The predicted octanol–water partition coefficient (Wildman–Crippen LogP) is 7.88. The number of Topliss-reactive ketones (excluding diaryl/α,β-unsaturated/α-hetero) is 1. The minimum absolute atomic E-state index is 0. The number of aromatic hydroxyl groups is 1. The molecule has 0 radical (unpaired) electrons. The van der Waals surface area contributed by atoms with E-state index in [9.17, 15) is 9.90 Å². The highest BCUT2D eigenvalue weighted by Crippen LogP contribution is 2.39. The van der Waals surface area contributed by atoms with E-state index in [4.69, 9.17) is 23.2 Å². The normalized spacial score (nSPS) is 17.4. The first-order valence-corrected chi connectivity index (χ1v) is 12.6. The van der Waals surface area contributed by atoms with Gasteiger partial charge in [0.15, 0.2) is 11.5 Å². The number of nitrogens with one attached hydrogen (secondary N) is 1. The Hall–Kier alpha value is -1.76. The summed E-state index contributed by atoms with van der Waals surface area (Å²) in [6, 6.07) is 9.61. The zero-order chi connectivity index (χ0) is 24.4. The summed E-state index contributed by atoms with van der Waals surface area (Å²) in [5.74, 6) is 0.659. The Balaban J connectivity index is 0.00000228. The molecule has 1 saturated carbocycles. The summed E-state index contributed by atoms with van der Waals surface area (Å²) in [5.41, 5.74) is 3.97. The molecule has 1 fully saturated rings. The van der Waals surface area contributed by atoms with Crippen LogP contribution in [0.5, 0.6) is 5.75 Å². The van der Waals surface area contributed by atoms with Gasteiger partial charge in [-0.25, -0.2) is 0 Å². The van der Waals surface area contributed by atoms with Gasteiger partial charge in [-0.1, -0.05) is 36.2 Å². The summed E-state index contributed by atoms with van der Waals surface area (Å²) in [6.07, 6.45) is 6.61. The van der Waals surface area contributed by atoms with Gasteiger partial charge in [0.1, 0.15) is 0 Å². The number of carbonyl (C=O) groups excluding carboxylic acids is 1. The largest absolute Gasteiger partial charge is 0.505 e. The standard InChI is InChI=1S/C27H31Cl2N3O2.2ClH/c1-4-25(33)21-14-30-24-10-7-17(18-12-22(28)27(34)23(29)13-18)11-20(24)26(21)31-19-8-5-16(6-9-19)15-32(2)3;;/h7,10-14,16,19,34H,4-6,8-9,15H2,1-3H3,(H,30,31);2*1H. The molecule has 9 heteroatoms. The lowest BCUT2D eigenvalue weighted by molar-refractivity contribution is 0.0988. The summed E-state index contributed by atoms with van der Waals surface area (Å²) in [5, 5.41) is 15.0. The maximum Gasteiger partial charge on any atom is 0.166 e. The molecule has 4 rings (SSSR count). The average molecular weight is 573 g/mol. The van der Waals surface area contributed by atoms with E-state index in [-0.39, 0.29) is 46.4 Å². The van der Waals surface area contributed by atoms with Crippen LogP contribution < -0.4 is 5.32 Å². The minimum Gasteiger partial charge on any atom is -0.505 e. The molecule has 1 aromatic heterocycles. The molecular weight excluding hydrogens is 540 g/mol. The average Bonchev–Trinajstić information content (AvgIpc) is 2.82. The number of phenols is 1. The quantitative estimate of drug-likeness (QED) is 0.282. The van der Waals surface area contributed by atoms with Crippen molar-refractivity contribution in [3.8, 4) is 16.9 Å². The number of ketones is 1. The zero-order valence-corrected chi connectivity index (χ0v) is 23.8. The van der Waals surface area contributed by atoms with Gasteiger partial charge in [-0.3, -0.25) is 9.78 Å². The number of benzene rings is 2. The monoisotopic (exact) mass is 571 g/mol. The molecule has 3 aromatic rings. The van der Waals surface area contributed by atoms with Gasteiger partial charge in [-0.15, -0.1) is 24.8 Å². The number of rotatable bonds is 7. The fourth-order valence-electron chi connectivity index (χ4n) is 4.87. The van der Waals surface area contributed by atoms with Crippen LogP contribution in [0.2, 0.25) is 10.0 Å². The number of fused-ring (bicyclic) bond motifs is 1. The Morgan fingerprint density at radius 2 is 1.69 bits per heavy atom. The summed E-state index contributed by atoms with van der Waals surface area (Å²) < 4.78 is 0. The third kappa shape index (κ3) is 6.76. The summed E-state index contributed by atoms with van der Waals surface area (Å²) in [6.45, 7) is 2.99. The molecule has 196 valence electrons. The second kappa shape index (κ2) is 13.2. The van der Waals surface area contributed by atoms with E-state index in [0.717, 1.165) is 53.0 Å². The predicted molar refractivity (Wildman–Crippen MR) is 156 cm³/mol. The van der Waals surface area contributed by atoms with Crippen molar-refractivity contribution in [3.05, 3.63) is 52.1 Å². The third-order valence-corrected chi connectivity index (χ3v) is 7.23. The van der Waals surface area contributed by atoms with Crippen LogP contribution >= 0.6 is 48.0 Å². The van der Waals surface area contributed by atoms with E-state index >= 15 is 0 Å². The number of pyridine rings is 1. The van der Waals surface area contributed by atoms with Crippen LogP contribution in [0.1, 0.15) is 49.4 Å². The molecule has 0 saturated heterocycles. The molecule has 0 spiro atoms. The topological polar surface area (TPSA) is 65.5 Å². The Morgan fingerprint density at radius 3 is 2.28 bits per heavy atom. The maximum atomic E-state index is 12.8. The first kappa shape index (κ1) is 30.5. The van der Waals surface area contributed by atoms with Crippen molar-refractivity contribution in [2.45, 2.75) is 45.1 Å². The Kier molecular flexibility index (Phi) is 11.1. The molecule has 1 aliphatic carbocycles. The van der Waals surface area contributed by atoms with Gasteiger partial charge in [0, 0.05) is 30.6 Å². The molecule has 1 heterocycles. The SMILES string of the molecule is CCC(=O)c1cnc2ccc(-c3cc(Cl)c(O)c(Cl)c3)cc2c1NC1CCC(CN(C)C)CC1.Cl.Cl. The van der Waals surface area contributed by atoms with Gasteiger partial charge in [0.05, 0.1) is 26.8 Å². The first-order chi connectivity index (χ1) is 16.3. The summed E-state index contributed by atoms with van der Waals surface area (Å²) >= 11 is 12.3. The first-order valence-electron chi connectivity index (χ1n) is 11.8. The van der Waals surface area contributed by atoms with Crippen molar-refractivity contribution in [2.24, 2.45) is 5.92 Å². The van der Waals surface area contributed by atoms with Gasteiger partial charge in [-0.2, -0.15) is 0 Å². The highest BCUT2D eigenvalue weighted by atomic mass is 35.5. The van der Waals surface area contributed by atoms with E-state index in [0.29, 0.717) is 18.0 Å². The number of nitrogens with zero attached hydrogens (tertiary/aromatic N) is 2. The number of hydrogen-bond acceptors (Lipinski definition) is 5. The zero-order valence-electron chi connectivity index (χ0n) is 20.7. The molecule has 0 atom stereocenters. The van der Waals surface area contributed by atoms with Gasteiger partial charge in [-0.05, 0) is 81.1 Å². The molecule has 5 nitrogen and oxygen atoms in total. The Morgan fingerprint density at radius 1 is 1.06 bits per heavy atom. The van der Waals surface area contributed by atoms with Crippen LogP contribution in [0, 0.1) is 5.92 Å². The van der Waals surface area contributed by atoms with Gasteiger partial charge < -0.3 is 15.3 Å². The van der Waals surface area contributed by atoms with Crippen molar-refractivity contribution < 1.29 is 9.90 Å². The van der Waals surface area contributed by atoms with Crippen molar-refractivity contribution >= 4 is 70.4 Å². The number of carbonyl (C=O) groups is 1. The lowest BCUT2D eigenvalue weighted by Crippen LogP contribution is -2.31. The lowest BCUT2D eigenvalue weighted by atomic mass is 9.85. The summed E-state index contributed by atoms with van der Waals surface area (Å²) in [4.78, 5) is 19.7. The van der Waals surface area contributed by atoms with Crippen LogP contribution in [0.25, 0.3) is 22.0 Å². The van der Waals surface area contributed by atoms with Crippen LogP contribution in [-0.4, -0.2) is 47.5 Å². The van der Waals surface area contributed by atoms with Gasteiger partial charge in [0.25, 0.3) is 0 Å². The smallest absolute Gasteiger partial charge is 0.166 e. The molecule has 1 aliphatic rings. The van der Waals surface area contributed by atoms with Crippen molar-refractivity contribution in [1.29, 1.82) is 0 Å². The fraction of sp³-hybridized carbons (Fsp3) is 0.407. The number of anilines is 1. The fourth-order valence-corrected chi connectivity index (χ4v) is 5.36. The van der Waals surface area contributed by atoms with E-state index in [2.05, 4.69) is 29.3 Å². The van der Waals surface area contributed by atoms with Crippen LogP contribution in [0.15, 0.2) is 36.5 Å². The second-order valence-corrected chi connectivity index (χ2v) is 10.3. The molecule has 2 aromatic carbocycles. The van der Waals surface area contributed by atoms with Crippen LogP contribution in [0.3, 0.4) is 0 Å². The van der Waals surface area contributed by atoms with Crippen molar-refractivity contribution in [1.82, 2.24) is 9.88 Å². The number of halogens is 4. The number of hydrogen-bond donors (Lipinski definition) is 2. The molecule has 0 bridgehead atoms. The molecule has 0 amide bonds. The highest BCUT2D eigenvalue weighted by molar-refractivity contribution is 6.37. The van der Waals surface area contributed by atoms with E-state index in [1.807, 2.05) is 25.1 Å². The molecule has 36 heavy (non-hydrogen) atoms. The van der Waals surface area contributed by atoms with Crippen LogP contribution in [0.4, 0.5) is 5.69 Å². The number of aromatic nitrogens is 1. The Labute approximate surface area is 235 Å². The van der Waals surface area contributed by atoms with Crippen molar-refractivity contribution in [3.63, 3.8) is 0 Å². The minimum atomic E-state index is -0.127. The highest BCUT2D eigenvalue weighted by Gasteiger charge is 2.24. The maximum absolute atomic E-state index is 12.8. The number of phenolic OH excluding ortho intramolecular Hbond substituents is 1. The molecule has 0 aliphatic heterocycles. The molecular formula is C27H33Cl4N3O2.